The van der Waals surface area contributed by atoms with Crippen LogP contribution in [0.2, 0.25) is 0 Å². The fourth-order valence-electron chi connectivity index (χ4n) is 3.61. The van der Waals surface area contributed by atoms with E-state index >= 15 is 0 Å². The fourth-order valence-corrected chi connectivity index (χ4v) is 3.61. The zero-order chi connectivity index (χ0) is 25.4. The molecule has 0 unspecified atom stereocenters. The molecule has 0 saturated heterocycles. The molecule has 1 radical (unpaired) electrons. The van der Waals surface area contributed by atoms with E-state index in [-0.39, 0.29) is 31.4 Å². The topological polar surface area (TPSA) is 25.8 Å². The van der Waals surface area contributed by atoms with Gasteiger partial charge in [-0.05, 0) is 40.2 Å². The minimum absolute atomic E-state index is 0. The first-order chi connectivity index (χ1) is 17.5. The maximum absolute atomic E-state index is 12.9. The molecule has 3 aromatic carbocycles. The van der Waals surface area contributed by atoms with Gasteiger partial charge in [0.25, 0.3) is 0 Å². The molecule has 5 rings (SSSR count). The average Bonchev–Trinajstić information content (AvgIpc) is 2.94. The van der Waals surface area contributed by atoms with Crippen LogP contribution in [0.15, 0.2) is 109 Å². The second-order valence-corrected chi connectivity index (χ2v) is 7.66. The Morgan fingerprint density at radius 1 is 0.676 bits per heavy atom. The Balaban J connectivity index is 0.000000200. The summed E-state index contributed by atoms with van der Waals surface area (Å²) in [5.41, 5.74) is 3.28. The van der Waals surface area contributed by atoms with Crippen LogP contribution in [-0.4, -0.2) is 9.97 Å². The number of aromatic nitrogens is 2. The smallest absolute Gasteiger partial charge is 0.305 e. The van der Waals surface area contributed by atoms with Crippen molar-refractivity contribution in [2.45, 2.75) is 12.9 Å². The number of rotatable bonds is 4. The second kappa shape index (κ2) is 13.0. The molecule has 189 valence electrons. The Morgan fingerprint density at radius 3 is 2.05 bits per heavy atom. The molecule has 0 spiro atoms. The van der Waals surface area contributed by atoms with Crippen LogP contribution in [-0.2, 0) is 33.0 Å². The number of nitrogens with zero attached hydrogens (tertiary/aromatic N) is 2. The fraction of sp³-hybridized carbons (Fsp3) is 0.0667. The van der Waals surface area contributed by atoms with Gasteiger partial charge >= 0.3 is 6.18 Å². The molecule has 2 heterocycles. The van der Waals surface area contributed by atoms with E-state index in [2.05, 4.69) is 40.3 Å². The predicted molar refractivity (Wildman–Crippen MR) is 132 cm³/mol. The molecule has 0 aliphatic rings. The molecule has 37 heavy (non-hydrogen) atoms. The SMILES string of the molecule is FCc1c(-c2ccccn2)[c-]ccc1C(F)(F)F.[Ir].[c-]1ccccc1-c1cc(-c2ccccc2)ccn1. The van der Waals surface area contributed by atoms with Crippen molar-refractivity contribution in [2.75, 3.05) is 0 Å². The van der Waals surface area contributed by atoms with Crippen LogP contribution in [0.1, 0.15) is 11.1 Å². The molecule has 2 aromatic heterocycles. The van der Waals surface area contributed by atoms with Crippen molar-refractivity contribution in [2.24, 2.45) is 0 Å². The standard InChI is InChI=1S/C17H12N.C13H8F4N.Ir/c1-3-7-14(8-4-1)16-11-12-18-17(13-16)15-9-5-2-6-10-15;14-8-10-9(12-6-1-2-7-18-12)4-3-5-11(10)13(15,16)17;/h1-9,11-13H;1-3,5-7H,8H2;/q2*-1;. The Labute approximate surface area is 226 Å². The van der Waals surface area contributed by atoms with Gasteiger partial charge in [-0.1, -0.05) is 54.1 Å². The molecule has 2 nitrogen and oxygen atoms in total. The van der Waals surface area contributed by atoms with E-state index in [0.717, 1.165) is 23.4 Å². The molecule has 0 saturated carbocycles. The van der Waals surface area contributed by atoms with Crippen LogP contribution in [0.5, 0.6) is 0 Å². The van der Waals surface area contributed by atoms with E-state index in [0.29, 0.717) is 0 Å². The van der Waals surface area contributed by atoms with Gasteiger partial charge in [0.15, 0.2) is 0 Å². The van der Waals surface area contributed by atoms with Gasteiger partial charge in [-0.3, -0.25) is 4.39 Å². The van der Waals surface area contributed by atoms with Crippen molar-refractivity contribution in [1.82, 2.24) is 9.97 Å². The van der Waals surface area contributed by atoms with Crippen molar-refractivity contribution in [3.8, 4) is 33.6 Å². The van der Waals surface area contributed by atoms with E-state index < -0.39 is 24.0 Å². The summed E-state index contributed by atoms with van der Waals surface area (Å²) in [5.74, 6) is 0. The summed E-state index contributed by atoms with van der Waals surface area (Å²) in [4.78, 5) is 8.32. The maximum atomic E-state index is 12.9. The number of hydrogen-bond acceptors (Lipinski definition) is 2. The van der Waals surface area contributed by atoms with Crippen molar-refractivity contribution < 1.29 is 37.7 Å². The number of alkyl halides is 4. The summed E-state index contributed by atoms with van der Waals surface area (Å²) in [6.07, 6.45) is -1.30. The molecular formula is C30H20F4IrN2-2. The van der Waals surface area contributed by atoms with Crippen molar-refractivity contribution in [1.29, 1.82) is 0 Å². The first-order valence-electron chi connectivity index (χ1n) is 11.0. The quantitative estimate of drug-likeness (QED) is 0.142. The Morgan fingerprint density at radius 2 is 1.41 bits per heavy atom. The molecule has 0 aliphatic heterocycles. The van der Waals surface area contributed by atoms with Crippen LogP contribution in [0.3, 0.4) is 0 Å². The average molecular weight is 677 g/mol. The molecule has 0 N–H and O–H groups in total. The third-order valence-corrected chi connectivity index (χ3v) is 5.32. The van der Waals surface area contributed by atoms with Gasteiger partial charge in [-0.25, -0.2) is 0 Å². The summed E-state index contributed by atoms with van der Waals surface area (Å²) in [6, 6.07) is 34.9. The molecule has 7 heteroatoms. The Hall–Kier alpha value is -3.67. The number of halogens is 4. The van der Waals surface area contributed by atoms with Crippen molar-refractivity contribution in [3.05, 3.63) is 133 Å². The van der Waals surface area contributed by atoms with Crippen LogP contribution in [0.4, 0.5) is 17.6 Å². The molecule has 0 amide bonds. The minimum Gasteiger partial charge on any atom is -0.305 e. The van der Waals surface area contributed by atoms with Gasteiger partial charge in [0.2, 0.25) is 0 Å². The van der Waals surface area contributed by atoms with Gasteiger partial charge in [0.05, 0.1) is 6.67 Å². The molecule has 5 aromatic rings. The van der Waals surface area contributed by atoms with Crippen molar-refractivity contribution >= 4 is 0 Å². The third-order valence-electron chi connectivity index (χ3n) is 5.32. The molecule has 0 bridgehead atoms. The Bertz CT molecular complexity index is 1340. The molecule has 0 atom stereocenters. The summed E-state index contributed by atoms with van der Waals surface area (Å²) in [5, 5.41) is 0. The number of pyridine rings is 2. The van der Waals surface area contributed by atoms with E-state index in [1.807, 2.05) is 54.7 Å². The van der Waals surface area contributed by atoms with Crippen LogP contribution in [0.25, 0.3) is 33.6 Å². The summed E-state index contributed by atoms with van der Waals surface area (Å²) in [6.45, 7) is -1.21. The third kappa shape index (κ3) is 7.19. The number of hydrogen-bond donors (Lipinski definition) is 0. The van der Waals surface area contributed by atoms with Crippen LogP contribution >= 0.6 is 0 Å². The summed E-state index contributed by atoms with van der Waals surface area (Å²) >= 11 is 0. The molecule has 0 aliphatic carbocycles. The maximum Gasteiger partial charge on any atom is 0.400 e. The first-order valence-corrected chi connectivity index (χ1v) is 11.0. The van der Waals surface area contributed by atoms with E-state index in [9.17, 15) is 17.6 Å². The Kier molecular flexibility index (Phi) is 9.84. The zero-order valence-corrected chi connectivity index (χ0v) is 21.7. The van der Waals surface area contributed by atoms with Gasteiger partial charge in [-0.2, -0.15) is 13.2 Å². The normalized spacial score (nSPS) is 10.6. The van der Waals surface area contributed by atoms with E-state index in [1.165, 1.54) is 23.4 Å². The van der Waals surface area contributed by atoms with Gasteiger partial charge in [-0.15, -0.1) is 59.7 Å². The van der Waals surface area contributed by atoms with Crippen LogP contribution < -0.4 is 0 Å². The van der Waals surface area contributed by atoms with Gasteiger partial charge < -0.3 is 9.97 Å². The monoisotopic (exact) mass is 677 g/mol. The molecular weight excluding hydrogens is 657 g/mol. The molecule has 0 fully saturated rings. The van der Waals surface area contributed by atoms with E-state index in [1.54, 1.807) is 12.1 Å². The van der Waals surface area contributed by atoms with E-state index in [4.69, 9.17) is 0 Å². The predicted octanol–water partition coefficient (Wildman–Crippen LogP) is 8.25. The number of benzene rings is 3. The largest absolute Gasteiger partial charge is 0.400 e. The van der Waals surface area contributed by atoms with Gasteiger partial charge in [0.1, 0.15) is 0 Å². The summed E-state index contributed by atoms with van der Waals surface area (Å²) < 4.78 is 51.1. The minimum atomic E-state index is -4.58. The summed E-state index contributed by atoms with van der Waals surface area (Å²) in [7, 11) is 0. The zero-order valence-electron chi connectivity index (χ0n) is 19.3. The van der Waals surface area contributed by atoms with Crippen LogP contribution in [0, 0.1) is 12.1 Å². The first kappa shape index (κ1) is 27.9. The second-order valence-electron chi connectivity index (χ2n) is 7.66. The van der Waals surface area contributed by atoms with Gasteiger partial charge in [0, 0.05) is 32.5 Å². The van der Waals surface area contributed by atoms with Crippen molar-refractivity contribution in [3.63, 3.8) is 0 Å².